The fraction of sp³-hybridized carbons (Fsp3) is 0.412. The number of hydrogen-bond donors (Lipinski definition) is 0. The Labute approximate surface area is 137 Å². The summed E-state index contributed by atoms with van der Waals surface area (Å²) in [6.07, 6.45) is -0.696. The zero-order chi connectivity index (χ0) is 17.2. The van der Waals surface area contributed by atoms with E-state index in [2.05, 4.69) is 5.10 Å². The number of alkyl halides is 3. The number of halogens is 3. The number of aromatic nitrogens is 2. The summed E-state index contributed by atoms with van der Waals surface area (Å²) in [5.74, 6) is -0.649. The van der Waals surface area contributed by atoms with Gasteiger partial charge in [-0.05, 0) is 30.9 Å². The first kappa shape index (κ1) is 16.5. The van der Waals surface area contributed by atoms with E-state index in [9.17, 15) is 18.0 Å². The first-order valence-electron chi connectivity index (χ1n) is 7.87. The van der Waals surface area contributed by atoms with Crippen molar-refractivity contribution in [3.8, 4) is 0 Å². The van der Waals surface area contributed by atoms with Gasteiger partial charge < -0.3 is 4.90 Å². The number of hydrogen-bond acceptors (Lipinski definition) is 2. The van der Waals surface area contributed by atoms with Gasteiger partial charge in [0, 0.05) is 12.2 Å². The highest BCUT2D eigenvalue weighted by Gasteiger charge is 2.39. The summed E-state index contributed by atoms with van der Waals surface area (Å²) >= 11 is 0. The van der Waals surface area contributed by atoms with E-state index >= 15 is 0 Å². The topological polar surface area (TPSA) is 38.1 Å². The molecule has 3 rings (SSSR count). The van der Waals surface area contributed by atoms with Crippen molar-refractivity contribution in [2.45, 2.75) is 38.0 Å². The molecule has 0 bridgehead atoms. The first-order valence-corrected chi connectivity index (χ1v) is 7.87. The van der Waals surface area contributed by atoms with E-state index < -0.39 is 18.6 Å². The lowest BCUT2D eigenvalue weighted by Gasteiger charge is -2.37. The third kappa shape index (κ3) is 3.96. The van der Waals surface area contributed by atoms with Crippen molar-refractivity contribution in [2.24, 2.45) is 0 Å². The second-order valence-electron chi connectivity index (χ2n) is 6.02. The van der Waals surface area contributed by atoms with Crippen molar-refractivity contribution >= 4 is 5.91 Å². The molecule has 0 unspecified atom stereocenters. The van der Waals surface area contributed by atoms with E-state index in [4.69, 9.17) is 0 Å². The molecular formula is C17H18F3N3O. The molecule has 1 saturated carbocycles. The van der Waals surface area contributed by atoms with Crippen LogP contribution in [-0.2, 0) is 6.54 Å². The molecule has 1 aromatic heterocycles. The van der Waals surface area contributed by atoms with Crippen LogP contribution < -0.4 is 0 Å². The minimum atomic E-state index is -4.40. The maximum atomic E-state index is 12.8. The summed E-state index contributed by atoms with van der Waals surface area (Å²) in [5.41, 5.74) is 1.06. The van der Waals surface area contributed by atoms with Crippen LogP contribution in [0, 0.1) is 0 Å². The Morgan fingerprint density at radius 1 is 1.21 bits per heavy atom. The van der Waals surface area contributed by atoms with E-state index in [1.807, 2.05) is 30.3 Å². The van der Waals surface area contributed by atoms with Gasteiger partial charge in [-0.1, -0.05) is 30.3 Å². The highest BCUT2D eigenvalue weighted by Crippen LogP contribution is 2.29. The van der Waals surface area contributed by atoms with Gasteiger partial charge in [0.25, 0.3) is 5.91 Å². The van der Waals surface area contributed by atoms with Crippen molar-refractivity contribution in [2.75, 3.05) is 6.54 Å². The van der Waals surface area contributed by atoms with Crippen LogP contribution in [-0.4, -0.2) is 39.4 Å². The minimum absolute atomic E-state index is 0.0575. The van der Waals surface area contributed by atoms with E-state index in [1.54, 1.807) is 10.9 Å². The van der Waals surface area contributed by atoms with Gasteiger partial charge in [-0.15, -0.1) is 0 Å². The highest BCUT2D eigenvalue weighted by molar-refractivity contribution is 5.92. The molecule has 0 spiro atoms. The average Bonchev–Trinajstić information content (AvgIpc) is 2.92. The largest absolute Gasteiger partial charge is 0.406 e. The Kier molecular flexibility index (Phi) is 4.59. The lowest BCUT2D eigenvalue weighted by Crippen LogP contribution is -2.48. The van der Waals surface area contributed by atoms with Crippen LogP contribution in [0.5, 0.6) is 0 Å². The van der Waals surface area contributed by atoms with Crippen molar-refractivity contribution in [3.63, 3.8) is 0 Å². The number of carbonyl (C=O) groups is 1. The van der Waals surface area contributed by atoms with Gasteiger partial charge in [-0.25, -0.2) is 0 Å². The monoisotopic (exact) mass is 337 g/mol. The van der Waals surface area contributed by atoms with E-state index in [1.165, 1.54) is 6.07 Å². The smallest absolute Gasteiger partial charge is 0.325 e. The summed E-state index contributed by atoms with van der Waals surface area (Å²) in [4.78, 5) is 13.4. The molecule has 0 aliphatic heterocycles. The summed E-state index contributed by atoms with van der Waals surface area (Å²) in [6, 6.07) is 10.7. The van der Waals surface area contributed by atoms with Gasteiger partial charge in [0.1, 0.15) is 12.2 Å². The summed E-state index contributed by atoms with van der Waals surface area (Å²) in [7, 11) is 0. The Morgan fingerprint density at radius 2 is 1.92 bits per heavy atom. The van der Waals surface area contributed by atoms with Gasteiger partial charge in [-0.2, -0.15) is 18.3 Å². The fourth-order valence-electron chi connectivity index (χ4n) is 2.74. The molecule has 24 heavy (non-hydrogen) atoms. The second-order valence-corrected chi connectivity index (χ2v) is 6.02. The minimum Gasteiger partial charge on any atom is -0.325 e. The molecule has 1 aromatic carbocycles. The van der Waals surface area contributed by atoms with E-state index in [0.29, 0.717) is 19.4 Å². The zero-order valence-electron chi connectivity index (χ0n) is 13.0. The summed E-state index contributed by atoms with van der Waals surface area (Å²) in [5, 5.41) is 4.16. The molecule has 2 aromatic rings. The van der Waals surface area contributed by atoms with Crippen LogP contribution >= 0.6 is 0 Å². The molecule has 0 N–H and O–H groups in total. The van der Waals surface area contributed by atoms with Gasteiger partial charge in [0.15, 0.2) is 0 Å². The van der Waals surface area contributed by atoms with Crippen LogP contribution in [0.3, 0.4) is 0 Å². The van der Waals surface area contributed by atoms with E-state index in [-0.39, 0.29) is 11.7 Å². The maximum absolute atomic E-state index is 12.8. The predicted octanol–water partition coefficient (Wildman–Crippen LogP) is 3.49. The third-order valence-corrected chi connectivity index (χ3v) is 4.17. The summed E-state index contributed by atoms with van der Waals surface area (Å²) < 4.78 is 39.9. The van der Waals surface area contributed by atoms with Crippen LogP contribution in [0.15, 0.2) is 42.6 Å². The van der Waals surface area contributed by atoms with Gasteiger partial charge in [0.2, 0.25) is 0 Å². The molecule has 1 fully saturated rings. The van der Waals surface area contributed by atoms with Crippen LogP contribution in [0.25, 0.3) is 0 Å². The maximum Gasteiger partial charge on any atom is 0.406 e. The molecule has 0 atom stereocenters. The molecule has 1 aliphatic rings. The third-order valence-electron chi connectivity index (χ3n) is 4.17. The molecule has 0 radical (unpaired) electrons. The van der Waals surface area contributed by atoms with Crippen molar-refractivity contribution in [1.29, 1.82) is 0 Å². The predicted molar refractivity (Wildman–Crippen MR) is 82.5 cm³/mol. The van der Waals surface area contributed by atoms with Crippen LogP contribution in [0.1, 0.15) is 35.3 Å². The van der Waals surface area contributed by atoms with Crippen LogP contribution in [0.2, 0.25) is 0 Å². The van der Waals surface area contributed by atoms with Gasteiger partial charge >= 0.3 is 6.18 Å². The van der Waals surface area contributed by atoms with Crippen molar-refractivity contribution in [1.82, 2.24) is 14.7 Å². The normalized spacial score (nSPS) is 15.1. The second kappa shape index (κ2) is 6.67. The number of amides is 1. The zero-order valence-corrected chi connectivity index (χ0v) is 13.0. The SMILES string of the molecule is O=C(c1ccn(Cc2ccccc2)n1)N(CC(F)(F)F)C1CCC1. The number of rotatable bonds is 5. The number of benzene rings is 1. The highest BCUT2D eigenvalue weighted by atomic mass is 19.4. The molecule has 0 saturated heterocycles. The lowest BCUT2D eigenvalue weighted by molar-refractivity contribution is -0.147. The molecule has 1 amide bonds. The molecule has 128 valence electrons. The molecule has 7 heteroatoms. The van der Waals surface area contributed by atoms with E-state index in [0.717, 1.165) is 16.9 Å². The Morgan fingerprint density at radius 3 is 2.50 bits per heavy atom. The first-order chi connectivity index (χ1) is 11.4. The lowest BCUT2D eigenvalue weighted by atomic mass is 9.91. The van der Waals surface area contributed by atoms with Gasteiger partial charge in [-0.3, -0.25) is 9.48 Å². The average molecular weight is 337 g/mol. The molecule has 1 aliphatic carbocycles. The van der Waals surface area contributed by atoms with Crippen LogP contribution in [0.4, 0.5) is 13.2 Å². The van der Waals surface area contributed by atoms with Gasteiger partial charge in [0.05, 0.1) is 6.54 Å². The Hall–Kier alpha value is -2.31. The summed E-state index contributed by atoms with van der Waals surface area (Å²) in [6.45, 7) is -0.751. The number of carbonyl (C=O) groups excluding carboxylic acids is 1. The molecule has 1 heterocycles. The molecule has 4 nitrogen and oxygen atoms in total. The Bertz CT molecular complexity index is 693. The number of nitrogens with zero attached hydrogens (tertiary/aromatic N) is 3. The fourth-order valence-corrected chi connectivity index (χ4v) is 2.74. The standard InChI is InChI=1S/C17H18F3N3O/c18-17(19,20)12-23(14-7-4-8-14)16(24)15-9-10-22(21-15)11-13-5-2-1-3-6-13/h1-3,5-6,9-10,14H,4,7-8,11-12H2. The Balaban J connectivity index is 1.73. The van der Waals surface area contributed by atoms with Crippen molar-refractivity contribution in [3.05, 3.63) is 53.9 Å². The molecular weight excluding hydrogens is 319 g/mol. The van der Waals surface area contributed by atoms with Crippen molar-refractivity contribution < 1.29 is 18.0 Å². The quantitative estimate of drug-likeness (QED) is 0.838.